The van der Waals surface area contributed by atoms with E-state index in [0.29, 0.717) is 22.7 Å². The van der Waals surface area contributed by atoms with Crippen molar-refractivity contribution in [1.82, 2.24) is 8.75 Å². The van der Waals surface area contributed by atoms with Gasteiger partial charge >= 0.3 is 5.97 Å². The van der Waals surface area contributed by atoms with Crippen molar-refractivity contribution in [3.63, 3.8) is 0 Å². The summed E-state index contributed by atoms with van der Waals surface area (Å²) in [6.45, 7) is 6.42. The average molecular weight is 431 g/mol. The third-order valence-corrected chi connectivity index (χ3v) is 6.23. The second-order valence-corrected chi connectivity index (χ2v) is 8.52. The molecular weight excluding hydrogens is 396 g/mol. The van der Waals surface area contributed by atoms with E-state index < -0.39 is 6.04 Å². The number of thiol groups is 1. The molecule has 0 amide bonds. The number of hydrogen-bond donors (Lipinski definition) is 2. The second-order valence-electron chi connectivity index (χ2n) is 7.62. The standard InChI is InChI=1S/C19H32N4O3S2/c1-4-5-6-7-11-25-18-17(21-28-22-18)15-9-8-10-23(3,12-15)14(2)26-19(24)16(20)13-27/h9,14,16H,4-8,10-13,20H2,1-3H3/p+2/t14?,16-,23?/m0/s1. The first-order valence-electron chi connectivity index (χ1n) is 10.0. The molecule has 3 atom stereocenters. The lowest BCUT2D eigenvalue weighted by atomic mass is 10.0. The number of quaternary nitrogens is 2. The van der Waals surface area contributed by atoms with Crippen LogP contribution in [0, 0.1) is 0 Å². The van der Waals surface area contributed by atoms with Gasteiger partial charge in [-0.05, 0) is 6.42 Å². The fraction of sp³-hybridized carbons (Fsp3) is 0.737. The average Bonchev–Trinajstić information content (AvgIpc) is 3.15. The Balaban J connectivity index is 2.00. The van der Waals surface area contributed by atoms with Crippen LogP contribution < -0.4 is 10.5 Å². The number of aromatic nitrogens is 2. The van der Waals surface area contributed by atoms with E-state index in [1.54, 1.807) is 0 Å². The maximum absolute atomic E-state index is 12.1. The molecule has 1 aromatic heterocycles. The topological polar surface area (TPSA) is 89.0 Å². The highest BCUT2D eigenvalue weighted by Gasteiger charge is 2.37. The van der Waals surface area contributed by atoms with Gasteiger partial charge in [-0.1, -0.05) is 32.3 Å². The van der Waals surface area contributed by atoms with Crippen LogP contribution in [0.25, 0.3) is 5.57 Å². The Morgan fingerprint density at radius 1 is 1.39 bits per heavy atom. The Kier molecular flexibility index (Phi) is 9.20. The number of rotatable bonds is 11. The van der Waals surface area contributed by atoms with E-state index in [4.69, 9.17) is 9.47 Å². The molecule has 0 aliphatic carbocycles. The van der Waals surface area contributed by atoms with Gasteiger partial charge in [-0.25, -0.2) is 4.79 Å². The number of likely N-dealkylation sites (N-methyl/N-ethyl adjacent to an activating group) is 1. The molecule has 3 N–H and O–H groups in total. The Labute approximate surface area is 177 Å². The Bertz CT molecular complexity index is 667. The molecule has 2 heterocycles. The number of ether oxygens (including phenoxy) is 2. The first-order valence-corrected chi connectivity index (χ1v) is 11.4. The van der Waals surface area contributed by atoms with Crippen molar-refractivity contribution >= 4 is 35.9 Å². The van der Waals surface area contributed by atoms with Crippen LogP contribution in [0.3, 0.4) is 0 Å². The van der Waals surface area contributed by atoms with E-state index in [0.717, 1.165) is 37.2 Å². The summed E-state index contributed by atoms with van der Waals surface area (Å²) in [5.74, 6) is 0.701. The van der Waals surface area contributed by atoms with Crippen molar-refractivity contribution in [3.05, 3.63) is 11.8 Å². The first kappa shape index (κ1) is 23.1. The summed E-state index contributed by atoms with van der Waals surface area (Å²) in [5, 5.41) is 0. The van der Waals surface area contributed by atoms with Gasteiger partial charge in [-0.3, -0.25) is 4.48 Å². The predicted molar refractivity (Wildman–Crippen MR) is 114 cm³/mol. The van der Waals surface area contributed by atoms with E-state index in [9.17, 15) is 4.79 Å². The van der Waals surface area contributed by atoms with Gasteiger partial charge in [-0.2, -0.15) is 17.0 Å². The molecule has 0 saturated heterocycles. The van der Waals surface area contributed by atoms with E-state index in [1.165, 1.54) is 31.0 Å². The summed E-state index contributed by atoms with van der Waals surface area (Å²) in [6, 6.07) is -0.451. The fourth-order valence-electron chi connectivity index (χ4n) is 3.18. The number of carbonyl (C=O) groups excluding carboxylic acids is 1. The van der Waals surface area contributed by atoms with Crippen LogP contribution >= 0.6 is 24.4 Å². The molecule has 158 valence electrons. The van der Waals surface area contributed by atoms with Gasteiger partial charge in [0.1, 0.15) is 12.2 Å². The summed E-state index contributed by atoms with van der Waals surface area (Å²) < 4.78 is 21.0. The van der Waals surface area contributed by atoms with Gasteiger partial charge in [0.15, 0.2) is 6.04 Å². The number of hydrogen-bond acceptors (Lipinski definition) is 7. The lowest BCUT2D eigenvalue weighted by molar-refractivity contribution is -0.944. The van der Waals surface area contributed by atoms with Crippen molar-refractivity contribution < 1.29 is 24.5 Å². The molecule has 2 unspecified atom stereocenters. The smallest absolute Gasteiger partial charge is 0.370 e. The van der Waals surface area contributed by atoms with Crippen LogP contribution in [0.4, 0.5) is 0 Å². The van der Waals surface area contributed by atoms with E-state index in [-0.39, 0.29) is 12.2 Å². The fourth-order valence-corrected chi connectivity index (χ4v) is 3.86. The summed E-state index contributed by atoms with van der Waals surface area (Å²) in [6.07, 6.45) is 7.45. The molecule has 0 aromatic carbocycles. The van der Waals surface area contributed by atoms with Crippen molar-refractivity contribution in [3.8, 4) is 5.88 Å². The van der Waals surface area contributed by atoms with Gasteiger partial charge in [0, 0.05) is 18.9 Å². The summed E-state index contributed by atoms with van der Waals surface area (Å²) >= 11 is 5.31. The molecule has 1 aromatic rings. The normalized spacial score (nSPS) is 21.7. The zero-order valence-electron chi connectivity index (χ0n) is 17.2. The monoisotopic (exact) mass is 430 g/mol. The number of esters is 1. The lowest BCUT2D eigenvalue weighted by Gasteiger charge is -2.41. The van der Waals surface area contributed by atoms with Gasteiger partial charge in [-0.15, -0.1) is 4.37 Å². The number of nitrogens with zero attached hydrogens (tertiary/aromatic N) is 3. The molecule has 0 saturated carbocycles. The molecule has 2 rings (SSSR count). The third-order valence-electron chi connectivity index (χ3n) is 5.28. The van der Waals surface area contributed by atoms with Gasteiger partial charge in [0.25, 0.3) is 5.88 Å². The Morgan fingerprint density at radius 3 is 2.89 bits per heavy atom. The minimum Gasteiger partial charge on any atom is -0.475 e. The highest BCUT2D eigenvalue weighted by atomic mass is 32.1. The number of unbranched alkanes of at least 4 members (excludes halogenated alkanes) is 3. The summed E-state index contributed by atoms with van der Waals surface area (Å²) in [5.41, 5.74) is 5.72. The number of carbonyl (C=O) groups is 1. The minimum atomic E-state index is -0.451. The minimum absolute atomic E-state index is 0.273. The Morgan fingerprint density at radius 2 is 2.18 bits per heavy atom. The van der Waals surface area contributed by atoms with E-state index in [2.05, 4.69) is 47.2 Å². The predicted octanol–water partition coefficient (Wildman–Crippen LogP) is 2.16. The second kappa shape index (κ2) is 11.1. The van der Waals surface area contributed by atoms with Crippen LogP contribution in [-0.4, -0.2) is 64.0 Å². The molecule has 0 fully saturated rings. The van der Waals surface area contributed by atoms with Crippen LogP contribution in [0.1, 0.15) is 51.6 Å². The zero-order chi connectivity index (χ0) is 20.6. The van der Waals surface area contributed by atoms with Crippen molar-refractivity contribution in [2.45, 2.75) is 58.2 Å². The van der Waals surface area contributed by atoms with Crippen molar-refractivity contribution in [1.29, 1.82) is 0 Å². The Hall–Kier alpha value is -1.16. The van der Waals surface area contributed by atoms with Crippen LogP contribution in [-0.2, 0) is 9.53 Å². The lowest BCUT2D eigenvalue weighted by Crippen LogP contribution is -2.67. The van der Waals surface area contributed by atoms with E-state index in [1.807, 2.05) is 6.92 Å². The highest BCUT2D eigenvalue weighted by molar-refractivity contribution is 7.80. The van der Waals surface area contributed by atoms with Gasteiger partial charge in [0.2, 0.25) is 6.23 Å². The van der Waals surface area contributed by atoms with Crippen LogP contribution in [0.2, 0.25) is 0 Å². The molecule has 7 nitrogen and oxygen atoms in total. The molecule has 9 heteroatoms. The van der Waals surface area contributed by atoms with E-state index >= 15 is 0 Å². The largest absolute Gasteiger partial charge is 0.475 e. The molecule has 0 radical (unpaired) electrons. The SMILES string of the molecule is CCCCCCOc1nsnc1C1=CCC[N+](C)(C(C)OC(=O)[C@@H]([NH3+])CS)C1. The van der Waals surface area contributed by atoms with Gasteiger partial charge < -0.3 is 15.2 Å². The quantitative estimate of drug-likeness (QED) is 0.243. The molecular formula is C19H34N4O3S2+2. The molecule has 0 spiro atoms. The van der Waals surface area contributed by atoms with Crippen molar-refractivity contribution in [2.24, 2.45) is 0 Å². The first-order chi connectivity index (χ1) is 13.4. The van der Waals surface area contributed by atoms with Gasteiger partial charge in [0.05, 0.1) is 37.7 Å². The van der Waals surface area contributed by atoms with Crippen LogP contribution in [0.5, 0.6) is 5.88 Å². The summed E-state index contributed by atoms with van der Waals surface area (Å²) in [4.78, 5) is 12.1. The van der Waals surface area contributed by atoms with Crippen LogP contribution in [0.15, 0.2) is 6.08 Å². The molecule has 1 aliphatic rings. The summed E-state index contributed by atoms with van der Waals surface area (Å²) in [7, 11) is 2.11. The maximum Gasteiger partial charge on any atom is 0.370 e. The molecule has 1 aliphatic heterocycles. The third kappa shape index (κ3) is 6.17. The maximum atomic E-state index is 12.1. The zero-order valence-corrected chi connectivity index (χ0v) is 18.9. The van der Waals surface area contributed by atoms with Crippen molar-refractivity contribution in [2.75, 3.05) is 32.5 Å². The highest BCUT2D eigenvalue weighted by Crippen LogP contribution is 2.31. The molecule has 0 bridgehead atoms. The molecule has 28 heavy (non-hydrogen) atoms.